The van der Waals surface area contributed by atoms with E-state index in [0.29, 0.717) is 10.0 Å². The van der Waals surface area contributed by atoms with E-state index in [2.05, 4.69) is 33.1 Å². The molecular weight excluding hydrogens is 337 g/mol. The van der Waals surface area contributed by atoms with E-state index in [1.807, 2.05) is 19.1 Å². The van der Waals surface area contributed by atoms with Crippen LogP contribution in [0.4, 0.5) is 0 Å². The second kappa shape index (κ2) is 6.49. The number of thiocarbonyl (C=S) groups is 1. The summed E-state index contributed by atoms with van der Waals surface area (Å²) in [5.74, 6) is 0. The lowest BCUT2D eigenvalue weighted by molar-refractivity contribution is 0.286. The summed E-state index contributed by atoms with van der Waals surface area (Å²) in [6.07, 6.45) is 2.10. The van der Waals surface area contributed by atoms with Crippen LogP contribution in [0.5, 0.6) is 0 Å². The molecule has 0 fully saturated rings. The van der Waals surface area contributed by atoms with Crippen molar-refractivity contribution in [2.75, 3.05) is 13.1 Å². The largest absolute Gasteiger partial charge is 0.363 e. The smallest absolute Gasteiger partial charge is 0.169 e. The van der Waals surface area contributed by atoms with Crippen LogP contribution in [0, 0.1) is 0 Å². The third-order valence-corrected chi connectivity index (χ3v) is 4.83. The van der Waals surface area contributed by atoms with E-state index >= 15 is 0 Å². The maximum Gasteiger partial charge on any atom is 0.169 e. The molecule has 3 nitrogen and oxygen atoms in total. The van der Waals surface area contributed by atoms with Crippen LogP contribution >= 0.6 is 35.4 Å². The molecule has 3 rings (SSSR count). The zero-order valence-electron chi connectivity index (χ0n) is 12.2. The predicted octanol–water partition coefficient (Wildman–Crippen LogP) is 4.09. The summed E-state index contributed by atoms with van der Waals surface area (Å²) >= 11 is 18.1. The summed E-state index contributed by atoms with van der Waals surface area (Å²) < 4.78 is 2.25. The van der Waals surface area contributed by atoms with Gasteiger partial charge < -0.3 is 14.8 Å². The molecule has 1 aliphatic rings. The maximum absolute atomic E-state index is 6.46. The van der Waals surface area contributed by atoms with Gasteiger partial charge in [0.2, 0.25) is 0 Å². The van der Waals surface area contributed by atoms with E-state index in [0.717, 1.165) is 30.3 Å². The molecule has 0 saturated carbocycles. The minimum Gasteiger partial charge on any atom is -0.363 e. The van der Waals surface area contributed by atoms with Gasteiger partial charge in [0, 0.05) is 41.6 Å². The Hall–Kier alpha value is -1.23. The second-order valence-corrected chi connectivity index (χ2v) is 6.45. The van der Waals surface area contributed by atoms with E-state index in [1.54, 1.807) is 6.07 Å². The van der Waals surface area contributed by atoms with Gasteiger partial charge in [0.15, 0.2) is 5.11 Å². The molecule has 0 amide bonds. The molecule has 1 atom stereocenters. The fourth-order valence-corrected chi connectivity index (χ4v) is 3.76. The van der Waals surface area contributed by atoms with Crippen LogP contribution in [0.15, 0.2) is 36.5 Å². The number of hydrogen-bond donors (Lipinski definition) is 1. The van der Waals surface area contributed by atoms with Gasteiger partial charge in [-0.3, -0.25) is 0 Å². The summed E-state index contributed by atoms with van der Waals surface area (Å²) in [7, 11) is 0. The molecule has 0 unspecified atom stereocenters. The predicted molar refractivity (Wildman–Crippen MR) is 95.7 cm³/mol. The van der Waals surface area contributed by atoms with Gasteiger partial charge in [-0.05, 0) is 49.0 Å². The highest BCUT2D eigenvalue weighted by Gasteiger charge is 2.31. The van der Waals surface area contributed by atoms with Crippen molar-refractivity contribution >= 4 is 40.5 Å². The Labute approximate surface area is 145 Å². The lowest BCUT2D eigenvalue weighted by Crippen LogP contribution is -2.47. The molecule has 0 bridgehead atoms. The van der Waals surface area contributed by atoms with Crippen molar-refractivity contribution in [1.82, 2.24) is 14.8 Å². The fraction of sp³-hybridized carbons (Fsp3) is 0.312. The van der Waals surface area contributed by atoms with Crippen molar-refractivity contribution in [2.45, 2.75) is 19.5 Å². The van der Waals surface area contributed by atoms with Crippen LogP contribution in [0.3, 0.4) is 0 Å². The van der Waals surface area contributed by atoms with Crippen molar-refractivity contribution in [1.29, 1.82) is 0 Å². The number of halogens is 2. The van der Waals surface area contributed by atoms with Crippen LogP contribution in [-0.4, -0.2) is 27.7 Å². The van der Waals surface area contributed by atoms with E-state index in [-0.39, 0.29) is 6.04 Å². The SMILES string of the molecule is CCNC(=S)N1CCn2cccc2[C@@H]1c1ccc(Cl)cc1Cl. The molecule has 2 heterocycles. The molecular formula is C16H17Cl2N3S. The normalized spacial score (nSPS) is 17.2. The number of fused-ring (bicyclic) bond motifs is 1. The summed E-state index contributed by atoms with van der Waals surface area (Å²) in [5, 5.41) is 5.31. The number of benzene rings is 1. The average molecular weight is 354 g/mol. The third-order valence-electron chi connectivity index (χ3n) is 3.88. The lowest BCUT2D eigenvalue weighted by Gasteiger charge is -2.39. The van der Waals surface area contributed by atoms with Crippen LogP contribution in [0.25, 0.3) is 0 Å². The fourth-order valence-electron chi connectivity index (χ4n) is 2.91. The first kappa shape index (κ1) is 15.7. The summed E-state index contributed by atoms with van der Waals surface area (Å²) in [4.78, 5) is 2.20. The maximum atomic E-state index is 6.46. The highest BCUT2D eigenvalue weighted by Crippen LogP contribution is 2.37. The Kier molecular flexibility index (Phi) is 4.62. The Morgan fingerprint density at radius 3 is 2.86 bits per heavy atom. The average Bonchev–Trinajstić information content (AvgIpc) is 2.95. The lowest BCUT2D eigenvalue weighted by atomic mass is 10.0. The number of nitrogens with zero attached hydrogens (tertiary/aromatic N) is 2. The first-order valence-electron chi connectivity index (χ1n) is 7.26. The van der Waals surface area contributed by atoms with Crippen molar-refractivity contribution in [3.05, 3.63) is 57.8 Å². The second-order valence-electron chi connectivity index (χ2n) is 5.22. The third kappa shape index (κ3) is 2.83. The number of aromatic nitrogens is 1. The Morgan fingerprint density at radius 1 is 1.32 bits per heavy atom. The first-order chi connectivity index (χ1) is 10.6. The van der Waals surface area contributed by atoms with Gasteiger partial charge in [-0.1, -0.05) is 29.3 Å². The molecule has 116 valence electrons. The number of hydrogen-bond acceptors (Lipinski definition) is 1. The van der Waals surface area contributed by atoms with E-state index in [4.69, 9.17) is 35.4 Å². The van der Waals surface area contributed by atoms with Crippen LogP contribution in [0.2, 0.25) is 10.0 Å². The van der Waals surface area contributed by atoms with Crippen molar-refractivity contribution in [2.24, 2.45) is 0 Å². The van der Waals surface area contributed by atoms with Crippen molar-refractivity contribution < 1.29 is 0 Å². The number of nitrogens with one attached hydrogen (secondary N) is 1. The molecule has 6 heteroatoms. The zero-order valence-corrected chi connectivity index (χ0v) is 14.5. The molecule has 0 spiro atoms. The minimum atomic E-state index is 0.0000617. The molecule has 1 aliphatic heterocycles. The standard InChI is InChI=1S/C16H17Cl2N3S/c1-2-19-16(22)21-9-8-20-7-3-4-14(20)15(21)12-6-5-11(17)10-13(12)18/h3-7,10,15H,2,8-9H2,1H3,(H,19,22)/t15-/m0/s1. The Balaban J connectivity index is 2.07. The van der Waals surface area contributed by atoms with Crippen molar-refractivity contribution in [3.8, 4) is 0 Å². The van der Waals surface area contributed by atoms with Gasteiger partial charge in [0.05, 0.1) is 6.04 Å². The highest BCUT2D eigenvalue weighted by atomic mass is 35.5. The van der Waals surface area contributed by atoms with Gasteiger partial charge in [0.25, 0.3) is 0 Å². The molecule has 0 radical (unpaired) electrons. The monoisotopic (exact) mass is 353 g/mol. The summed E-state index contributed by atoms with van der Waals surface area (Å²) in [6.45, 7) is 4.60. The van der Waals surface area contributed by atoms with Gasteiger partial charge in [-0.2, -0.15) is 0 Å². The minimum absolute atomic E-state index is 0.0000617. The van der Waals surface area contributed by atoms with Crippen LogP contribution < -0.4 is 5.32 Å². The number of rotatable bonds is 2. The van der Waals surface area contributed by atoms with Gasteiger partial charge in [0.1, 0.15) is 0 Å². The quantitative estimate of drug-likeness (QED) is 0.821. The van der Waals surface area contributed by atoms with E-state index in [9.17, 15) is 0 Å². The summed E-state index contributed by atoms with van der Waals surface area (Å²) in [5.41, 5.74) is 2.21. The topological polar surface area (TPSA) is 20.2 Å². The highest BCUT2D eigenvalue weighted by molar-refractivity contribution is 7.80. The van der Waals surface area contributed by atoms with Crippen LogP contribution in [-0.2, 0) is 6.54 Å². The Morgan fingerprint density at radius 2 is 2.14 bits per heavy atom. The molecule has 0 aliphatic carbocycles. The Bertz CT molecular complexity index is 698. The zero-order chi connectivity index (χ0) is 15.7. The molecule has 0 saturated heterocycles. The van der Waals surface area contributed by atoms with Gasteiger partial charge >= 0.3 is 0 Å². The molecule has 1 aromatic carbocycles. The van der Waals surface area contributed by atoms with E-state index < -0.39 is 0 Å². The molecule has 1 aromatic heterocycles. The summed E-state index contributed by atoms with van der Waals surface area (Å²) in [6, 6.07) is 9.83. The molecule has 1 N–H and O–H groups in total. The van der Waals surface area contributed by atoms with Gasteiger partial charge in [-0.25, -0.2) is 0 Å². The van der Waals surface area contributed by atoms with Crippen LogP contribution in [0.1, 0.15) is 24.2 Å². The van der Waals surface area contributed by atoms with Gasteiger partial charge in [-0.15, -0.1) is 0 Å². The van der Waals surface area contributed by atoms with E-state index in [1.165, 1.54) is 5.69 Å². The first-order valence-corrected chi connectivity index (χ1v) is 8.42. The molecule has 22 heavy (non-hydrogen) atoms. The van der Waals surface area contributed by atoms with Crippen molar-refractivity contribution in [3.63, 3.8) is 0 Å². The molecule has 2 aromatic rings.